The van der Waals surface area contributed by atoms with E-state index in [4.69, 9.17) is 9.47 Å². The molecule has 3 aliphatic heterocycles. The van der Waals surface area contributed by atoms with Gasteiger partial charge in [-0.05, 0) is 13.3 Å². The van der Waals surface area contributed by atoms with Gasteiger partial charge in [-0.2, -0.15) is 11.8 Å². The molecule has 26 heavy (non-hydrogen) atoms. The number of anilines is 2. The second kappa shape index (κ2) is 6.98. The van der Waals surface area contributed by atoms with Gasteiger partial charge in [0.1, 0.15) is 36.1 Å². The van der Waals surface area contributed by atoms with Gasteiger partial charge in [-0.3, -0.25) is 4.90 Å². The lowest BCUT2D eigenvalue weighted by molar-refractivity contribution is -0.117. The first-order valence-corrected chi connectivity index (χ1v) is 9.98. The standard InChI is InChI=1S/C18H21FN2O4S/c1-11(22)2-3-16-15-10-24-17-9-13(20-4-6-26-7-5-20)12(19)8-14(17)21(15)18(23)25-16/h8-9,15-16H,2-7,10H2,1H3/t15-,16-/m1/s1. The van der Waals surface area contributed by atoms with Gasteiger partial charge in [-0.25, -0.2) is 9.18 Å². The molecule has 6 nitrogen and oxygen atoms in total. The fourth-order valence-corrected chi connectivity index (χ4v) is 4.58. The number of Topliss-reactive ketones (excluding diaryl/α,β-unsaturated/α-hetero) is 1. The normalized spacial score (nSPS) is 24.6. The zero-order valence-corrected chi connectivity index (χ0v) is 15.4. The molecule has 0 radical (unpaired) electrons. The number of fused-ring (bicyclic) bond motifs is 3. The molecule has 140 valence electrons. The Morgan fingerprint density at radius 2 is 2.08 bits per heavy atom. The number of nitrogens with zero attached hydrogens (tertiary/aromatic N) is 2. The molecule has 0 unspecified atom stereocenters. The van der Waals surface area contributed by atoms with Crippen LogP contribution < -0.4 is 14.5 Å². The van der Waals surface area contributed by atoms with Crippen molar-refractivity contribution in [3.63, 3.8) is 0 Å². The van der Waals surface area contributed by atoms with E-state index in [1.165, 1.54) is 17.9 Å². The van der Waals surface area contributed by atoms with Crippen molar-refractivity contribution in [3.8, 4) is 5.75 Å². The molecular formula is C18H21FN2O4S. The van der Waals surface area contributed by atoms with Gasteiger partial charge in [0.2, 0.25) is 0 Å². The van der Waals surface area contributed by atoms with Gasteiger partial charge in [0.25, 0.3) is 0 Å². The Hall–Kier alpha value is -1.96. The minimum Gasteiger partial charge on any atom is -0.489 e. The van der Waals surface area contributed by atoms with E-state index >= 15 is 0 Å². The smallest absolute Gasteiger partial charge is 0.415 e. The monoisotopic (exact) mass is 380 g/mol. The average Bonchev–Trinajstić information content (AvgIpc) is 2.96. The van der Waals surface area contributed by atoms with Crippen LogP contribution in [0.4, 0.5) is 20.6 Å². The van der Waals surface area contributed by atoms with Gasteiger partial charge < -0.3 is 19.2 Å². The lowest BCUT2D eigenvalue weighted by atomic mass is 10.0. The number of ether oxygens (including phenoxy) is 2. The summed E-state index contributed by atoms with van der Waals surface area (Å²) in [5.41, 5.74) is 0.924. The van der Waals surface area contributed by atoms with Crippen molar-refractivity contribution >= 4 is 35.0 Å². The minimum absolute atomic E-state index is 0.0482. The highest BCUT2D eigenvalue weighted by Gasteiger charge is 2.46. The number of ketones is 1. The lowest BCUT2D eigenvalue weighted by Gasteiger charge is -2.34. The summed E-state index contributed by atoms with van der Waals surface area (Å²) in [6.07, 6.45) is -0.126. The maximum atomic E-state index is 14.8. The van der Waals surface area contributed by atoms with Crippen LogP contribution in [0.1, 0.15) is 19.8 Å². The average molecular weight is 380 g/mol. The van der Waals surface area contributed by atoms with E-state index in [0.717, 1.165) is 24.6 Å². The predicted molar refractivity (Wildman–Crippen MR) is 97.9 cm³/mol. The molecule has 0 bridgehead atoms. The molecule has 8 heteroatoms. The number of hydrogen-bond donors (Lipinski definition) is 0. The van der Waals surface area contributed by atoms with Crippen LogP contribution in [0.5, 0.6) is 5.75 Å². The summed E-state index contributed by atoms with van der Waals surface area (Å²) in [6, 6.07) is 2.73. The van der Waals surface area contributed by atoms with Crippen molar-refractivity contribution in [1.82, 2.24) is 0 Å². The number of halogens is 1. The number of amides is 1. The number of carbonyl (C=O) groups is 2. The van der Waals surface area contributed by atoms with Crippen molar-refractivity contribution < 1.29 is 23.5 Å². The summed E-state index contributed by atoms with van der Waals surface area (Å²) in [5, 5.41) is 0. The van der Waals surface area contributed by atoms with Crippen molar-refractivity contribution in [1.29, 1.82) is 0 Å². The Labute approximate surface area is 155 Å². The van der Waals surface area contributed by atoms with E-state index in [1.54, 1.807) is 6.07 Å². The van der Waals surface area contributed by atoms with Gasteiger partial charge in [0, 0.05) is 43.1 Å². The number of rotatable bonds is 4. The summed E-state index contributed by atoms with van der Waals surface area (Å²) in [6.45, 7) is 3.38. The van der Waals surface area contributed by atoms with E-state index in [1.807, 2.05) is 16.7 Å². The van der Waals surface area contributed by atoms with E-state index < -0.39 is 12.2 Å². The highest BCUT2D eigenvalue weighted by atomic mass is 32.2. The summed E-state index contributed by atoms with van der Waals surface area (Å²) >= 11 is 1.86. The molecule has 0 N–H and O–H groups in total. The summed E-state index contributed by atoms with van der Waals surface area (Å²) < 4.78 is 26.0. The number of benzene rings is 1. The molecule has 0 saturated carbocycles. The second-order valence-electron chi connectivity index (χ2n) is 6.78. The van der Waals surface area contributed by atoms with E-state index in [2.05, 4.69) is 0 Å². The molecule has 1 aromatic carbocycles. The molecular weight excluding hydrogens is 359 g/mol. The third kappa shape index (κ3) is 3.11. The van der Waals surface area contributed by atoms with Crippen LogP contribution in [0.15, 0.2) is 12.1 Å². The topological polar surface area (TPSA) is 59.1 Å². The van der Waals surface area contributed by atoms with Crippen LogP contribution in [0, 0.1) is 5.82 Å². The molecule has 4 rings (SSSR count). The van der Waals surface area contributed by atoms with Gasteiger partial charge in [0.15, 0.2) is 0 Å². The number of carbonyl (C=O) groups excluding carboxylic acids is 2. The van der Waals surface area contributed by atoms with Crippen LogP contribution in [0.2, 0.25) is 0 Å². The molecule has 1 amide bonds. The zero-order valence-electron chi connectivity index (χ0n) is 14.6. The largest absolute Gasteiger partial charge is 0.489 e. The second-order valence-corrected chi connectivity index (χ2v) is 8.01. The Morgan fingerprint density at radius 1 is 1.31 bits per heavy atom. The molecule has 1 aromatic rings. The van der Waals surface area contributed by atoms with Crippen molar-refractivity contribution in [2.75, 3.05) is 41.0 Å². The minimum atomic E-state index is -0.505. The molecule has 2 saturated heterocycles. The van der Waals surface area contributed by atoms with Gasteiger partial charge in [-0.15, -0.1) is 0 Å². The van der Waals surface area contributed by atoms with Crippen LogP contribution in [-0.4, -0.2) is 55.2 Å². The SMILES string of the molecule is CC(=O)CC[C@H]1OC(=O)N2c3cc(F)c(N4CCSCC4)cc3OC[C@H]12. The maximum absolute atomic E-state index is 14.8. The first-order valence-electron chi connectivity index (χ1n) is 8.83. The molecule has 3 aliphatic rings. The Balaban J connectivity index is 1.60. The maximum Gasteiger partial charge on any atom is 0.415 e. The van der Waals surface area contributed by atoms with E-state index in [0.29, 0.717) is 30.0 Å². The Bertz CT molecular complexity index is 738. The third-order valence-electron chi connectivity index (χ3n) is 5.04. The van der Waals surface area contributed by atoms with Crippen molar-refractivity contribution in [2.24, 2.45) is 0 Å². The fraction of sp³-hybridized carbons (Fsp3) is 0.556. The van der Waals surface area contributed by atoms with Crippen molar-refractivity contribution in [2.45, 2.75) is 31.9 Å². The molecule has 0 aromatic heterocycles. The van der Waals surface area contributed by atoms with Gasteiger partial charge in [-0.1, -0.05) is 0 Å². The first-order chi connectivity index (χ1) is 12.5. The van der Waals surface area contributed by atoms with Crippen LogP contribution in [-0.2, 0) is 9.53 Å². The predicted octanol–water partition coefficient (Wildman–Crippen LogP) is 2.83. The van der Waals surface area contributed by atoms with E-state index in [9.17, 15) is 14.0 Å². The first kappa shape index (κ1) is 17.5. The number of hydrogen-bond acceptors (Lipinski definition) is 6. The fourth-order valence-electron chi connectivity index (χ4n) is 3.68. The van der Waals surface area contributed by atoms with Gasteiger partial charge in [0.05, 0.1) is 11.4 Å². The number of cyclic esters (lactones) is 1. The van der Waals surface area contributed by atoms with Crippen LogP contribution in [0.3, 0.4) is 0 Å². The summed E-state index contributed by atoms with van der Waals surface area (Å²) in [4.78, 5) is 27.1. The van der Waals surface area contributed by atoms with Crippen molar-refractivity contribution in [3.05, 3.63) is 17.9 Å². The van der Waals surface area contributed by atoms with Crippen LogP contribution in [0.25, 0.3) is 0 Å². The highest BCUT2D eigenvalue weighted by Crippen LogP contribution is 2.43. The van der Waals surface area contributed by atoms with Gasteiger partial charge >= 0.3 is 6.09 Å². The number of thioether (sulfide) groups is 1. The Morgan fingerprint density at radius 3 is 2.81 bits per heavy atom. The quantitative estimate of drug-likeness (QED) is 0.801. The zero-order chi connectivity index (χ0) is 18.3. The molecule has 3 heterocycles. The van der Waals surface area contributed by atoms with E-state index in [-0.39, 0.29) is 24.2 Å². The summed E-state index contributed by atoms with van der Waals surface area (Å²) in [7, 11) is 0. The lowest BCUT2D eigenvalue weighted by Crippen LogP contribution is -2.44. The molecule has 0 aliphatic carbocycles. The molecule has 2 atom stereocenters. The highest BCUT2D eigenvalue weighted by molar-refractivity contribution is 7.99. The van der Waals surface area contributed by atoms with Crippen LogP contribution >= 0.6 is 11.8 Å². The Kier molecular flexibility index (Phi) is 4.69. The summed E-state index contributed by atoms with van der Waals surface area (Å²) in [5.74, 6) is 2.12. The third-order valence-corrected chi connectivity index (χ3v) is 5.98. The molecule has 2 fully saturated rings. The molecule has 0 spiro atoms.